The minimum absolute atomic E-state index is 0.214. The van der Waals surface area contributed by atoms with Gasteiger partial charge in [-0.3, -0.25) is 10.00 Å². The molecular formula is C20H24N8O2S. The topological polar surface area (TPSA) is 135 Å². The molecule has 0 spiro atoms. The Bertz CT molecular complexity index is 1080. The third-order valence-corrected chi connectivity index (χ3v) is 5.09. The van der Waals surface area contributed by atoms with E-state index in [1.54, 1.807) is 6.20 Å². The van der Waals surface area contributed by atoms with Crippen molar-refractivity contribution >= 4 is 35.4 Å². The van der Waals surface area contributed by atoms with E-state index in [0.717, 1.165) is 56.7 Å². The van der Waals surface area contributed by atoms with Crippen molar-refractivity contribution in [1.29, 1.82) is 5.26 Å². The van der Waals surface area contributed by atoms with E-state index >= 15 is 0 Å². The number of anilines is 1. The molecule has 3 heterocycles. The highest BCUT2D eigenvalue weighted by atomic mass is 32.1. The molecule has 1 saturated heterocycles. The summed E-state index contributed by atoms with van der Waals surface area (Å²) in [6.07, 6.45) is 3.68. The van der Waals surface area contributed by atoms with E-state index in [4.69, 9.17) is 10.00 Å². The SMILES string of the molecule is N#CS.O=C(Nc1cn[nH]c1-c1nc2ccc(CN3CCOCC3)cc2[nH]1)NC1CC1. The van der Waals surface area contributed by atoms with Crippen LogP contribution in [0.1, 0.15) is 18.4 Å². The number of nitrogens with zero attached hydrogens (tertiary/aromatic N) is 4. The number of amides is 2. The summed E-state index contributed by atoms with van der Waals surface area (Å²) in [5.74, 6) is 0.651. The fourth-order valence-corrected chi connectivity index (χ4v) is 3.42. The Balaban J connectivity index is 0.000000730. The third kappa shape index (κ3) is 5.55. The number of rotatable bonds is 5. The molecule has 3 aromatic rings. The number of aromatic amines is 2. The molecule has 2 aliphatic rings. The number of nitrogens with one attached hydrogen (secondary N) is 4. The first kappa shape index (κ1) is 21.2. The Morgan fingerprint density at radius 2 is 2.13 bits per heavy atom. The molecule has 2 fully saturated rings. The number of fused-ring (bicyclic) bond motifs is 1. The summed E-state index contributed by atoms with van der Waals surface area (Å²) in [4.78, 5) is 22.4. The van der Waals surface area contributed by atoms with Gasteiger partial charge in [-0.2, -0.15) is 10.4 Å². The van der Waals surface area contributed by atoms with Gasteiger partial charge in [0.25, 0.3) is 0 Å². The summed E-state index contributed by atoms with van der Waals surface area (Å²) >= 11 is 3.09. The summed E-state index contributed by atoms with van der Waals surface area (Å²) in [6.45, 7) is 4.39. The molecule has 2 amide bonds. The van der Waals surface area contributed by atoms with Gasteiger partial charge in [0.1, 0.15) is 11.1 Å². The number of morpholine rings is 1. The maximum atomic E-state index is 12.0. The van der Waals surface area contributed by atoms with Crippen LogP contribution in [0, 0.1) is 10.7 Å². The summed E-state index contributed by atoms with van der Waals surface area (Å²) in [6, 6.07) is 6.34. The number of hydrogen-bond acceptors (Lipinski definition) is 7. The molecule has 1 aromatic carbocycles. The van der Waals surface area contributed by atoms with E-state index in [9.17, 15) is 4.79 Å². The van der Waals surface area contributed by atoms with Crippen LogP contribution in [0.2, 0.25) is 0 Å². The number of ether oxygens (including phenoxy) is 1. The van der Waals surface area contributed by atoms with Gasteiger partial charge in [0.05, 0.1) is 36.1 Å². The number of nitriles is 1. The largest absolute Gasteiger partial charge is 0.379 e. The lowest BCUT2D eigenvalue weighted by Gasteiger charge is -2.26. The molecule has 1 aliphatic heterocycles. The van der Waals surface area contributed by atoms with Crippen LogP contribution in [-0.4, -0.2) is 63.4 Å². The summed E-state index contributed by atoms with van der Waals surface area (Å²) in [5, 5.41) is 21.4. The van der Waals surface area contributed by atoms with Crippen molar-refractivity contribution in [1.82, 2.24) is 30.4 Å². The zero-order chi connectivity index (χ0) is 21.6. The van der Waals surface area contributed by atoms with Crippen molar-refractivity contribution in [2.75, 3.05) is 31.6 Å². The number of thiocyanates is 1. The van der Waals surface area contributed by atoms with Gasteiger partial charge >= 0.3 is 6.03 Å². The standard InChI is InChI=1S/C19H23N7O2.CHNS/c27-19(21-13-2-3-13)24-16-10-20-25-17(16)18-22-14-4-1-12(9-15(14)23-18)11-26-5-7-28-8-6-26;2-1-3/h1,4,9-10,13H,2-3,5-8,11H2,(H,20,25)(H,22,23)(H2,21,24,27);3H. The van der Waals surface area contributed by atoms with Gasteiger partial charge < -0.3 is 20.4 Å². The Hall–Kier alpha value is -3.07. The van der Waals surface area contributed by atoms with Gasteiger partial charge in [0, 0.05) is 25.7 Å². The lowest BCUT2D eigenvalue weighted by atomic mass is 10.2. The number of urea groups is 1. The number of hydrogen-bond donors (Lipinski definition) is 5. The van der Waals surface area contributed by atoms with Crippen LogP contribution in [0.25, 0.3) is 22.6 Å². The van der Waals surface area contributed by atoms with Crippen LogP contribution in [0.4, 0.5) is 10.5 Å². The zero-order valence-electron chi connectivity index (χ0n) is 16.9. The quantitative estimate of drug-likeness (QED) is 0.306. The lowest BCUT2D eigenvalue weighted by molar-refractivity contribution is 0.0342. The number of benzene rings is 1. The van der Waals surface area contributed by atoms with Crippen LogP contribution in [0.15, 0.2) is 24.4 Å². The number of thiol groups is 1. The number of aromatic nitrogens is 4. The van der Waals surface area contributed by atoms with Crippen LogP contribution < -0.4 is 10.6 Å². The van der Waals surface area contributed by atoms with Crippen molar-refractivity contribution < 1.29 is 9.53 Å². The monoisotopic (exact) mass is 440 g/mol. The molecule has 31 heavy (non-hydrogen) atoms. The molecular weight excluding hydrogens is 416 g/mol. The van der Waals surface area contributed by atoms with Crippen molar-refractivity contribution in [2.24, 2.45) is 0 Å². The van der Waals surface area contributed by atoms with Crippen LogP contribution >= 0.6 is 12.6 Å². The maximum absolute atomic E-state index is 12.0. The third-order valence-electron chi connectivity index (χ3n) is 5.09. The molecule has 0 atom stereocenters. The first-order valence-electron chi connectivity index (χ1n) is 10.1. The van der Waals surface area contributed by atoms with Gasteiger partial charge in [-0.05, 0) is 30.5 Å². The van der Waals surface area contributed by atoms with E-state index in [-0.39, 0.29) is 6.03 Å². The second-order valence-corrected chi connectivity index (χ2v) is 7.66. The van der Waals surface area contributed by atoms with Gasteiger partial charge in [-0.15, -0.1) is 0 Å². The van der Waals surface area contributed by atoms with Crippen molar-refractivity contribution in [2.45, 2.75) is 25.4 Å². The molecule has 11 heteroatoms. The maximum Gasteiger partial charge on any atom is 0.319 e. The molecule has 0 bridgehead atoms. The number of carbonyl (C=O) groups excluding carboxylic acids is 1. The van der Waals surface area contributed by atoms with Crippen LogP contribution in [-0.2, 0) is 11.3 Å². The number of carbonyl (C=O) groups is 1. The minimum Gasteiger partial charge on any atom is -0.379 e. The fraction of sp³-hybridized carbons (Fsp3) is 0.400. The minimum atomic E-state index is -0.214. The molecule has 0 unspecified atom stereocenters. The predicted molar refractivity (Wildman–Crippen MR) is 120 cm³/mol. The predicted octanol–water partition coefficient (Wildman–Crippen LogP) is 2.47. The molecule has 2 aromatic heterocycles. The average Bonchev–Trinajstić information content (AvgIpc) is 3.28. The molecule has 0 radical (unpaired) electrons. The van der Waals surface area contributed by atoms with Crippen molar-refractivity contribution in [3.05, 3.63) is 30.0 Å². The van der Waals surface area contributed by atoms with E-state index in [2.05, 4.69) is 60.5 Å². The van der Waals surface area contributed by atoms with Gasteiger partial charge in [0.2, 0.25) is 0 Å². The van der Waals surface area contributed by atoms with Crippen LogP contribution in [0.3, 0.4) is 0 Å². The highest BCUT2D eigenvalue weighted by Crippen LogP contribution is 2.26. The van der Waals surface area contributed by atoms with E-state index in [0.29, 0.717) is 23.2 Å². The molecule has 162 valence electrons. The first-order chi connectivity index (χ1) is 15.2. The zero-order valence-corrected chi connectivity index (χ0v) is 17.8. The molecule has 1 aliphatic carbocycles. The molecule has 10 nitrogen and oxygen atoms in total. The molecule has 1 saturated carbocycles. The van der Waals surface area contributed by atoms with Crippen molar-refractivity contribution in [3.8, 4) is 16.9 Å². The summed E-state index contributed by atoms with van der Waals surface area (Å²) in [5.41, 5.74) is 4.34. The van der Waals surface area contributed by atoms with Gasteiger partial charge in [0.15, 0.2) is 5.82 Å². The van der Waals surface area contributed by atoms with Gasteiger partial charge in [-0.25, -0.2) is 9.78 Å². The molecule has 4 N–H and O–H groups in total. The second kappa shape index (κ2) is 9.82. The smallest absolute Gasteiger partial charge is 0.319 e. The Kier molecular flexibility index (Phi) is 6.71. The van der Waals surface area contributed by atoms with Crippen molar-refractivity contribution in [3.63, 3.8) is 0 Å². The number of H-pyrrole nitrogens is 2. The number of imidazole rings is 1. The van der Waals surface area contributed by atoms with E-state index in [1.165, 1.54) is 11.0 Å². The van der Waals surface area contributed by atoms with E-state index < -0.39 is 0 Å². The lowest BCUT2D eigenvalue weighted by Crippen LogP contribution is -2.35. The Morgan fingerprint density at radius 1 is 1.35 bits per heavy atom. The van der Waals surface area contributed by atoms with Crippen LogP contribution in [0.5, 0.6) is 0 Å². The highest BCUT2D eigenvalue weighted by Gasteiger charge is 2.24. The average molecular weight is 441 g/mol. The summed E-state index contributed by atoms with van der Waals surface area (Å²) in [7, 11) is 0. The Morgan fingerprint density at radius 3 is 2.87 bits per heavy atom. The normalized spacial score (nSPS) is 16.3. The Labute approximate surface area is 184 Å². The molecule has 5 rings (SSSR count). The van der Waals surface area contributed by atoms with Gasteiger partial charge in [-0.1, -0.05) is 18.7 Å². The van der Waals surface area contributed by atoms with E-state index in [1.807, 2.05) is 6.07 Å². The summed E-state index contributed by atoms with van der Waals surface area (Å²) < 4.78 is 5.41. The fourth-order valence-electron chi connectivity index (χ4n) is 3.42. The highest BCUT2D eigenvalue weighted by molar-refractivity contribution is 7.85. The first-order valence-corrected chi connectivity index (χ1v) is 10.5. The second-order valence-electron chi connectivity index (χ2n) is 7.46.